The summed E-state index contributed by atoms with van der Waals surface area (Å²) in [5, 5.41) is 0. The van der Waals surface area contributed by atoms with Crippen LogP contribution in [0.3, 0.4) is 0 Å². The molecule has 3 heteroatoms. The molecule has 1 aromatic carbocycles. The summed E-state index contributed by atoms with van der Waals surface area (Å²) < 4.78 is 24.9. The molecule has 0 radical (unpaired) electrons. The molecule has 1 aromatic rings. The van der Waals surface area contributed by atoms with Gasteiger partial charge in [-0.1, -0.05) is 0 Å². The minimum atomic E-state index is -0.782. The van der Waals surface area contributed by atoms with Gasteiger partial charge in [0.2, 0.25) is 0 Å². The van der Waals surface area contributed by atoms with Gasteiger partial charge < -0.3 is 0 Å². The van der Waals surface area contributed by atoms with Gasteiger partial charge in [0.15, 0.2) is 0 Å². The van der Waals surface area contributed by atoms with Gasteiger partial charge in [-0.2, -0.15) is 0 Å². The standard InChI is InChI=1S/C6H3F2.Li/c7-5-3-1-2-4-6(5)8;/h1-3H;. The van der Waals surface area contributed by atoms with Crippen LogP contribution in [0.15, 0.2) is 18.2 Å². The Labute approximate surface area is 61.1 Å². The first-order chi connectivity index (χ1) is 4.22. The zero-order chi connectivity index (χ0) is 6.85. The van der Waals surface area contributed by atoms with Gasteiger partial charge in [-0.15, -0.1) is 0 Å². The zero-order valence-electron chi connectivity index (χ0n) is 4.99. The molecule has 0 aliphatic carbocycles. The molecule has 42 valence electrons. The van der Waals surface area contributed by atoms with Gasteiger partial charge >= 0.3 is 60.6 Å². The van der Waals surface area contributed by atoms with Crippen molar-refractivity contribution < 1.29 is 8.78 Å². The third-order valence-electron chi connectivity index (χ3n) is 1.14. The molecule has 0 heterocycles. The first-order valence-corrected chi connectivity index (χ1v) is 2.62. The van der Waals surface area contributed by atoms with E-state index in [1.54, 1.807) is 0 Å². The fourth-order valence-electron chi connectivity index (χ4n) is 0.612. The van der Waals surface area contributed by atoms with E-state index in [0.717, 1.165) is 6.07 Å². The summed E-state index contributed by atoms with van der Waals surface area (Å²) in [5.74, 6) is -1.53. The maximum atomic E-state index is 12.4. The number of halogens is 2. The molecule has 0 N–H and O–H groups in total. The molecular weight excluding hydrogens is 117 g/mol. The van der Waals surface area contributed by atoms with Gasteiger partial charge in [0.05, 0.1) is 0 Å². The van der Waals surface area contributed by atoms with Crippen molar-refractivity contribution in [2.75, 3.05) is 0 Å². The Morgan fingerprint density at radius 3 is 2.33 bits per heavy atom. The van der Waals surface area contributed by atoms with Crippen LogP contribution in [-0.2, 0) is 0 Å². The van der Waals surface area contributed by atoms with Crippen molar-refractivity contribution >= 4 is 22.0 Å². The molecule has 0 aliphatic rings. The number of benzene rings is 1. The topological polar surface area (TPSA) is 0 Å². The summed E-state index contributed by atoms with van der Waals surface area (Å²) in [6, 6.07) is 4.11. The second-order valence-corrected chi connectivity index (χ2v) is 1.87. The maximum absolute atomic E-state index is 12.4. The van der Waals surface area contributed by atoms with E-state index in [1.807, 2.05) is 0 Å². The van der Waals surface area contributed by atoms with Gasteiger partial charge in [0, 0.05) is 0 Å². The van der Waals surface area contributed by atoms with Crippen molar-refractivity contribution in [3.63, 3.8) is 0 Å². The summed E-state index contributed by atoms with van der Waals surface area (Å²) in [4.78, 5) is 0. The number of rotatable bonds is 0. The molecule has 0 spiro atoms. The molecule has 0 aromatic heterocycles. The van der Waals surface area contributed by atoms with E-state index in [0.29, 0.717) is 4.24 Å². The molecule has 0 nitrogen and oxygen atoms in total. The molecule has 1 rings (SSSR count). The molecular formula is C6H3F2Li. The summed E-state index contributed by atoms with van der Waals surface area (Å²) in [7, 11) is 0. The summed E-state index contributed by atoms with van der Waals surface area (Å²) in [6.07, 6.45) is 0. The van der Waals surface area contributed by atoms with Crippen LogP contribution in [0.2, 0.25) is 0 Å². The first kappa shape index (κ1) is 6.79. The second-order valence-electron chi connectivity index (χ2n) is 1.87. The molecule has 0 bridgehead atoms. The monoisotopic (exact) mass is 120 g/mol. The Bertz CT molecular complexity index is 202. The van der Waals surface area contributed by atoms with E-state index >= 15 is 0 Å². The summed E-state index contributed by atoms with van der Waals surface area (Å²) >= 11 is 1.53. The van der Waals surface area contributed by atoms with Crippen molar-refractivity contribution in [2.24, 2.45) is 0 Å². The molecule has 0 atom stereocenters. The zero-order valence-corrected chi connectivity index (χ0v) is 4.99. The van der Waals surface area contributed by atoms with Gasteiger partial charge in [0.25, 0.3) is 0 Å². The Kier molecular flexibility index (Phi) is 1.89. The van der Waals surface area contributed by atoms with Gasteiger partial charge in [-0.25, -0.2) is 0 Å². The third-order valence-corrected chi connectivity index (χ3v) is 1.14. The Hall–Kier alpha value is -0.323. The SMILES string of the molecule is [Li][c]1cccc(F)c1F. The van der Waals surface area contributed by atoms with E-state index in [2.05, 4.69) is 0 Å². The molecule has 0 saturated carbocycles. The Morgan fingerprint density at radius 1 is 1.22 bits per heavy atom. The predicted molar refractivity (Wildman–Crippen MR) is 31.7 cm³/mol. The van der Waals surface area contributed by atoms with Crippen molar-refractivity contribution in [1.82, 2.24) is 0 Å². The van der Waals surface area contributed by atoms with Crippen LogP contribution in [0.1, 0.15) is 0 Å². The molecule has 0 amide bonds. The fraction of sp³-hybridized carbons (Fsp3) is 0. The van der Waals surface area contributed by atoms with E-state index in [1.165, 1.54) is 29.8 Å². The average Bonchev–Trinajstić information content (AvgIpc) is 1.83. The van der Waals surface area contributed by atoms with Crippen LogP contribution in [0.5, 0.6) is 0 Å². The molecule has 0 saturated heterocycles. The van der Waals surface area contributed by atoms with E-state index in [-0.39, 0.29) is 0 Å². The second kappa shape index (κ2) is 2.51. The summed E-state index contributed by atoms with van der Waals surface area (Å²) in [6.45, 7) is 0. The quantitative estimate of drug-likeness (QED) is 0.443. The molecule has 0 fully saturated rings. The van der Waals surface area contributed by atoms with Crippen LogP contribution in [0, 0.1) is 11.6 Å². The van der Waals surface area contributed by atoms with Crippen molar-refractivity contribution in [1.29, 1.82) is 0 Å². The average molecular weight is 120 g/mol. The van der Waals surface area contributed by atoms with Crippen molar-refractivity contribution in [3.05, 3.63) is 29.8 Å². The third kappa shape index (κ3) is 1.32. The minimum absolute atomic E-state index is 0.343. The first-order valence-electron chi connectivity index (χ1n) is 2.62. The molecule has 0 aliphatic heterocycles. The molecule has 0 unspecified atom stereocenters. The van der Waals surface area contributed by atoms with Crippen LogP contribution in [-0.4, -0.2) is 17.7 Å². The number of hydrogen-bond acceptors (Lipinski definition) is 0. The van der Waals surface area contributed by atoms with Gasteiger partial charge in [-0.3, -0.25) is 0 Å². The van der Waals surface area contributed by atoms with Crippen LogP contribution < -0.4 is 4.24 Å². The van der Waals surface area contributed by atoms with Crippen molar-refractivity contribution in [2.45, 2.75) is 0 Å². The predicted octanol–water partition coefficient (Wildman–Crippen LogP) is 0.759. The number of hydrogen-bond donors (Lipinski definition) is 0. The Morgan fingerprint density at radius 2 is 1.89 bits per heavy atom. The van der Waals surface area contributed by atoms with Crippen LogP contribution in [0.25, 0.3) is 0 Å². The van der Waals surface area contributed by atoms with Gasteiger partial charge in [-0.05, 0) is 0 Å². The molecule has 9 heavy (non-hydrogen) atoms. The van der Waals surface area contributed by atoms with Crippen LogP contribution in [0.4, 0.5) is 8.78 Å². The van der Waals surface area contributed by atoms with E-state index in [4.69, 9.17) is 0 Å². The summed E-state index contributed by atoms with van der Waals surface area (Å²) in [5.41, 5.74) is 0. The fourth-order valence-corrected chi connectivity index (χ4v) is 0.612. The van der Waals surface area contributed by atoms with Gasteiger partial charge in [0.1, 0.15) is 0 Å². The van der Waals surface area contributed by atoms with E-state index in [9.17, 15) is 8.78 Å². The van der Waals surface area contributed by atoms with Crippen LogP contribution >= 0.6 is 0 Å². The Balaban J connectivity index is 3.25. The van der Waals surface area contributed by atoms with E-state index < -0.39 is 11.6 Å². The van der Waals surface area contributed by atoms with Crippen molar-refractivity contribution in [3.8, 4) is 0 Å². The normalized spacial score (nSPS) is 9.78.